The standard InChI is InChI=1S/C8H6F5N.ClH/c9-4-1-2-6(10)5(3-4)7(14)8(11,12)13;/h1-3,7H,14H2;1H/t7-;/m0./s1. The maximum atomic E-state index is 12.8. The Bertz CT molecular complexity index is 338. The summed E-state index contributed by atoms with van der Waals surface area (Å²) in [6, 6.07) is -0.732. The highest BCUT2D eigenvalue weighted by Crippen LogP contribution is 2.31. The first kappa shape index (κ1) is 14.1. The van der Waals surface area contributed by atoms with Crippen LogP contribution in [0.1, 0.15) is 11.6 Å². The quantitative estimate of drug-likeness (QED) is 0.759. The Labute approximate surface area is 88.5 Å². The lowest BCUT2D eigenvalue weighted by atomic mass is 10.1. The zero-order chi connectivity index (χ0) is 10.9. The molecule has 2 N–H and O–H groups in total. The first-order chi connectivity index (χ1) is 6.32. The normalized spacial score (nSPS) is 13.2. The summed E-state index contributed by atoms with van der Waals surface area (Å²) >= 11 is 0. The monoisotopic (exact) mass is 247 g/mol. The van der Waals surface area contributed by atoms with Crippen molar-refractivity contribution in [1.29, 1.82) is 0 Å². The Morgan fingerprint density at radius 2 is 1.67 bits per heavy atom. The predicted octanol–water partition coefficient (Wildman–Crippen LogP) is 2.95. The minimum atomic E-state index is -4.78. The number of halogens is 6. The van der Waals surface area contributed by atoms with Gasteiger partial charge < -0.3 is 5.73 Å². The molecule has 0 aliphatic carbocycles. The van der Waals surface area contributed by atoms with Gasteiger partial charge in [0.25, 0.3) is 0 Å². The fourth-order valence-electron chi connectivity index (χ4n) is 0.929. The number of alkyl halides is 3. The molecule has 0 amide bonds. The smallest absolute Gasteiger partial charge is 0.316 e. The minimum absolute atomic E-state index is 0. The average molecular weight is 248 g/mol. The molecule has 86 valence electrons. The van der Waals surface area contributed by atoms with Crippen LogP contribution in [0, 0.1) is 11.6 Å². The van der Waals surface area contributed by atoms with E-state index in [2.05, 4.69) is 0 Å². The lowest BCUT2D eigenvalue weighted by Crippen LogP contribution is -2.29. The first-order valence-electron chi connectivity index (χ1n) is 3.59. The van der Waals surface area contributed by atoms with Crippen LogP contribution in [0.2, 0.25) is 0 Å². The highest BCUT2D eigenvalue weighted by molar-refractivity contribution is 5.85. The molecule has 0 bridgehead atoms. The lowest BCUT2D eigenvalue weighted by molar-refractivity contribution is -0.149. The molecule has 0 radical (unpaired) electrons. The van der Waals surface area contributed by atoms with Crippen molar-refractivity contribution < 1.29 is 22.0 Å². The molecule has 0 heterocycles. The Morgan fingerprint density at radius 1 is 1.13 bits per heavy atom. The topological polar surface area (TPSA) is 26.0 Å². The summed E-state index contributed by atoms with van der Waals surface area (Å²) in [5.41, 5.74) is 3.82. The molecule has 0 fully saturated rings. The van der Waals surface area contributed by atoms with E-state index >= 15 is 0 Å². The molecule has 0 saturated carbocycles. The molecule has 0 unspecified atom stereocenters. The van der Waals surface area contributed by atoms with Crippen LogP contribution < -0.4 is 5.73 Å². The third-order valence-corrected chi connectivity index (χ3v) is 1.65. The van der Waals surface area contributed by atoms with Gasteiger partial charge in [0.05, 0.1) is 0 Å². The fraction of sp³-hybridized carbons (Fsp3) is 0.250. The van der Waals surface area contributed by atoms with Crippen molar-refractivity contribution in [1.82, 2.24) is 0 Å². The minimum Gasteiger partial charge on any atom is -0.316 e. The van der Waals surface area contributed by atoms with E-state index in [1.54, 1.807) is 0 Å². The summed E-state index contributed by atoms with van der Waals surface area (Å²) in [4.78, 5) is 0. The zero-order valence-corrected chi connectivity index (χ0v) is 8.00. The van der Waals surface area contributed by atoms with Crippen molar-refractivity contribution in [3.8, 4) is 0 Å². The molecule has 0 aromatic heterocycles. The van der Waals surface area contributed by atoms with Crippen LogP contribution in [0.3, 0.4) is 0 Å². The highest BCUT2D eigenvalue weighted by atomic mass is 35.5. The summed E-state index contributed by atoms with van der Waals surface area (Å²) in [7, 11) is 0. The van der Waals surface area contributed by atoms with Gasteiger partial charge in [-0.3, -0.25) is 0 Å². The van der Waals surface area contributed by atoms with E-state index in [-0.39, 0.29) is 12.4 Å². The van der Waals surface area contributed by atoms with Crippen LogP contribution >= 0.6 is 12.4 Å². The van der Waals surface area contributed by atoms with Crippen molar-refractivity contribution in [2.75, 3.05) is 0 Å². The second-order valence-electron chi connectivity index (χ2n) is 2.69. The number of benzene rings is 1. The highest BCUT2D eigenvalue weighted by Gasteiger charge is 2.39. The van der Waals surface area contributed by atoms with Crippen LogP contribution in [0.15, 0.2) is 18.2 Å². The number of nitrogens with two attached hydrogens (primary N) is 1. The van der Waals surface area contributed by atoms with Crippen molar-refractivity contribution in [2.45, 2.75) is 12.2 Å². The van der Waals surface area contributed by atoms with Gasteiger partial charge >= 0.3 is 6.18 Å². The van der Waals surface area contributed by atoms with E-state index in [9.17, 15) is 22.0 Å². The third-order valence-electron chi connectivity index (χ3n) is 1.65. The molecule has 15 heavy (non-hydrogen) atoms. The summed E-state index contributed by atoms with van der Waals surface area (Å²) < 4.78 is 61.4. The second-order valence-corrected chi connectivity index (χ2v) is 2.69. The van der Waals surface area contributed by atoms with Crippen LogP contribution in [0.4, 0.5) is 22.0 Å². The van der Waals surface area contributed by atoms with Crippen molar-refractivity contribution in [2.24, 2.45) is 5.73 Å². The molecular formula is C8H7ClF5N. The second kappa shape index (κ2) is 4.76. The Kier molecular flexibility index (Phi) is 4.48. The molecule has 0 aliphatic heterocycles. The SMILES string of the molecule is Cl.N[C@@H](c1cc(F)ccc1F)C(F)(F)F. The van der Waals surface area contributed by atoms with Gasteiger partial charge in [-0.1, -0.05) is 0 Å². The maximum Gasteiger partial charge on any atom is 0.407 e. The molecule has 1 aromatic rings. The van der Waals surface area contributed by atoms with Gasteiger partial charge in [0.1, 0.15) is 17.7 Å². The van der Waals surface area contributed by atoms with Crippen LogP contribution in [-0.2, 0) is 0 Å². The van der Waals surface area contributed by atoms with Crippen molar-refractivity contribution >= 4 is 12.4 Å². The van der Waals surface area contributed by atoms with Gasteiger partial charge in [-0.15, -0.1) is 12.4 Å². The molecule has 1 aromatic carbocycles. The van der Waals surface area contributed by atoms with Gasteiger partial charge in [-0.25, -0.2) is 8.78 Å². The van der Waals surface area contributed by atoms with Gasteiger partial charge in [-0.05, 0) is 18.2 Å². The van der Waals surface area contributed by atoms with E-state index < -0.39 is 29.4 Å². The summed E-state index contributed by atoms with van der Waals surface area (Å²) in [5.74, 6) is -2.13. The largest absolute Gasteiger partial charge is 0.407 e. The first-order valence-corrected chi connectivity index (χ1v) is 3.59. The van der Waals surface area contributed by atoms with Crippen LogP contribution in [0.25, 0.3) is 0 Å². The van der Waals surface area contributed by atoms with Crippen LogP contribution in [-0.4, -0.2) is 6.18 Å². The predicted molar refractivity (Wildman–Crippen MR) is 46.6 cm³/mol. The molecule has 1 rings (SSSR count). The number of hydrogen-bond donors (Lipinski definition) is 1. The Morgan fingerprint density at radius 3 is 2.13 bits per heavy atom. The lowest BCUT2D eigenvalue weighted by Gasteiger charge is -2.16. The van der Waals surface area contributed by atoms with E-state index in [0.717, 1.165) is 6.07 Å². The van der Waals surface area contributed by atoms with E-state index in [1.807, 2.05) is 0 Å². The number of rotatable bonds is 1. The molecule has 0 saturated heterocycles. The molecule has 1 atom stereocenters. The average Bonchev–Trinajstić information content (AvgIpc) is 2.06. The molecule has 0 spiro atoms. The van der Waals surface area contributed by atoms with E-state index in [1.165, 1.54) is 0 Å². The summed E-state index contributed by atoms with van der Waals surface area (Å²) in [5, 5.41) is 0. The fourth-order valence-corrected chi connectivity index (χ4v) is 0.929. The molecular weight excluding hydrogens is 241 g/mol. The van der Waals surface area contributed by atoms with Crippen LogP contribution in [0.5, 0.6) is 0 Å². The summed E-state index contributed by atoms with van der Waals surface area (Å²) in [6.45, 7) is 0. The molecule has 1 nitrogen and oxygen atoms in total. The van der Waals surface area contributed by atoms with Gasteiger partial charge in [-0.2, -0.15) is 13.2 Å². The maximum absolute atomic E-state index is 12.8. The zero-order valence-electron chi connectivity index (χ0n) is 7.18. The van der Waals surface area contributed by atoms with E-state index in [4.69, 9.17) is 5.73 Å². The molecule has 0 aliphatic rings. The number of hydrogen-bond acceptors (Lipinski definition) is 1. The van der Waals surface area contributed by atoms with Gasteiger partial charge in [0.15, 0.2) is 0 Å². The van der Waals surface area contributed by atoms with Crippen molar-refractivity contribution in [3.05, 3.63) is 35.4 Å². The third kappa shape index (κ3) is 3.32. The van der Waals surface area contributed by atoms with E-state index in [0.29, 0.717) is 12.1 Å². The van der Waals surface area contributed by atoms with Gasteiger partial charge in [0, 0.05) is 5.56 Å². The Hall–Kier alpha value is -0.880. The summed E-state index contributed by atoms with van der Waals surface area (Å²) in [6.07, 6.45) is -4.78. The Balaban J connectivity index is 0.00000196. The van der Waals surface area contributed by atoms with Gasteiger partial charge in [0.2, 0.25) is 0 Å². The van der Waals surface area contributed by atoms with Crippen molar-refractivity contribution in [3.63, 3.8) is 0 Å². The molecule has 7 heteroatoms.